The fourth-order valence-electron chi connectivity index (χ4n) is 2.15. The second-order valence-electron chi connectivity index (χ2n) is 4.44. The van der Waals surface area contributed by atoms with Crippen LogP contribution in [0.4, 0.5) is 0 Å². The number of pyridine rings is 1. The zero-order valence-corrected chi connectivity index (χ0v) is 11.2. The number of nitrogens with one attached hydrogen (secondary N) is 1. The lowest BCUT2D eigenvalue weighted by atomic mass is 10.0. The summed E-state index contributed by atoms with van der Waals surface area (Å²) in [5, 5.41) is 7.86. The molecule has 0 bridgehead atoms. The maximum atomic E-state index is 4.50. The van der Waals surface area contributed by atoms with Gasteiger partial charge in [-0.05, 0) is 37.6 Å². The fourth-order valence-corrected chi connectivity index (χ4v) is 2.15. The van der Waals surface area contributed by atoms with E-state index in [1.807, 2.05) is 31.0 Å². The quantitative estimate of drug-likeness (QED) is 0.873. The Hall–Kier alpha value is -1.68. The molecule has 0 aliphatic rings. The Morgan fingerprint density at radius 1 is 1.44 bits per heavy atom. The first-order valence-electron chi connectivity index (χ1n) is 6.33. The molecule has 0 amide bonds. The van der Waals surface area contributed by atoms with Crippen LogP contribution >= 0.6 is 0 Å². The summed E-state index contributed by atoms with van der Waals surface area (Å²) < 4.78 is 1.97. The van der Waals surface area contributed by atoms with Crippen LogP contribution in [-0.2, 0) is 19.9 Å². The minimum Gasteiger partial charge on any atom is -0.311 e. The zero-order valence-electron chi connectivity index (χ0n) is 11.2. The minimum absolute atomic E-state index is 0.270. The lowest BCUT2D eigenvalue weighted by molar-refractivity contribution is 0.536. The molecule has 0 radical (unpaired) electrons. The first kappa shape index (κ1) is 12.8. The Balaban J connectivity index is 2.20. The largest absolute Gasteiger partial charge is 0.311 e. The molecule has 1 atom stereocenters. The van der Waals surface area contributed by atoms with Gasteiger partial charge in [-0.2, -0.15) is 5.10 Å². The predicted octanol–water partition coefficient (Wildman–Crippen LogP) is 1.88. The van der Waals surface area contributed by atoms with Crippen molar-refractivity contribution in [2.45, 2.75) is 25.8 Å². The molecule has 0 aliphatic heterocycles. The summed E-state index contributed by atoms with van der Waals surface area (Å²) in [7, 11) is 3.99. The molecule has 96 valence electrons. The summed E-state index contributed by atoms with van der Waals surface area (Å²) in [6.45, 7) is 2.13. The number of likely N-dealkylation sites (N-methyl/N-ethyl adjacent to an activating group) is 1. The van der Waals surface area contributed by atoms with Crippen LogP contribution in [0, 0.1) is 0 Å². The summed E-state index contributed by atoms with van der Waals surface area (Å²) in [6.07, 6.45) is 5.61. The lowest BCUT2D eigenvalue weighted by Gasteiger charge is -2.16. The Labute approximate surface area is 108 Å². The molecule has 0 fully saturated rings. The van der Waals surface area contributed by atoms with Gasteiger partial charge in [0.25, 0.3) is 0 Å². The monoisotopic (exact) mass is 244 g/mol. The highest BCUT2D eigenvalue weighted by molar-refractivity contribution is 5.19. The maximum absolute atomic E-state index is 4.50. The van der Waals surface area contributed by atoms with Crippen LogP contribution in [0.5, 0.6) is 0 Å². The summed E-state index contributed by atoms with van der Waals surface area (Å²) in [5.74, 6) is 0. The second-order valence-corrected chi connectivity index (χ2v) is 4.44. The van der Waals surface area contributed by atoms with Crippen molar-refractivity contribution in [3.63, 3.8) is 0 Å². The smallest absolute Gasteiger partial charge is 0.0625 e. The number of rotatable bonds is 5. The normalized spacial score (nSPS) is 12.6. The average molecular weight is 244 g/mol. The number of aryl methyl sites for hydroxylation is 2. The van der Waals surface area contributed by atoms with Crippen molar-refractivity contribution in [1.29, 1.82) is 0 Å². The minimum atomic E-state index is 0.270. The molecule has 0 saturated heterocycles. The summed E-state index contributed by atoms with van der Waals surface area (Å²) >= 11 is 0. The number of nitrogens with zero attached hydrogens (tertiary/aromatic N) is 3. The van der Waals surface area contributed by atoms with Crippen molar-refractivity contribution in [2.24, 2.45) is 7.05 Å². The van der Waals surface area contributed by atoms with Crippen LogP contribution in [0.1, 0.15) is 29.9 Å². The van der Waals surface area contributed by atoms with E-state index in [9.17, 15) is 0 Å². The van der Waals surface area contributed by atoms with Gasteiger partial charge in [-0.3, -0.25) is 9.67 Å². The summed E-state index contributed by atoms with van der Waals surface area (Å²) in [5.41, 5.74) is 3.59. The van der Waals surface area contributed by atoms with Crippen LogP contribution in [0.2, 0.25) is 0 Å². The van der Waals surface area contributed by atoms with Crippen LogP contribution in [0.3, 0.4) is 0 Å². The number of hydrogen-bond acceptors (Lipinski definition) is 3. The van der Waals surface area contributed by atoms with E-state index in [1.54, 1.807) is 6.20 Å². The van der Waals surface area contributed by atoms with Gasteiger partial charge in [0.05, 0.1) is 17.4 Å². The predicted molar refractivity (Wildman–Crippen MR) is 72.3 cm³/mol. The summed E-state index contributed by atoms with van der Waals surface area (Å²) in [6, 6.07) is 6.53. The van der Waals surface area contributed by atoms with Gasteiger partial charge in [-0.1, -0.05) is 13.0 Å². The highest BCUT2D eigenvalue weighted by atomic mass is 15.3. The molecule has 1 unspecified atom stereocenters. The standard InChI is InChI=1S/C14H20N4/c1-4-12-9-14(18(3)17-12)13(15-2)8-11-6-5-7-16-10-11/h5-7,9-10,13,15H,4,8H2,1-3H3. The van der Waals surface area contributed by atoms with Crippen LogP contribution in [0.15, 0.2) is 30.6 Å². The molecule has 2 heterocycles. The molecule has 4 nitrogen and oxygen atoms in total. The molecule has 0 aliphatic carbocycles. The van der Waals surface area contributed by atoms with Crippen LogP contribution < -0.4 is 5.32 Å². The molecule has 2 aromatic rings. The number of aromatic nitrogens is 3. The van der Waals surface area contributed by atoms with Gasteiger partial charge in [0.1, 0.15) is 0 Å². The molecule has 0 aromatic carbocycles. The molecule has 4 heteroatoms. The van der Waals surface area contributed by atoms with E-state index in [0.717, 1.165) is 18.5 Å². The molecule has 0 saturated carbocycles. The van der Waals surface area contributed by atoms with Crippen LogP contribution in [-0.4, -0.2) is 21.8 Å². The van der Waals surface area contributed by atoms with Gasteiger partial charge in [0.15, 0.2) is 0 Å². The van der Waals surface area contributed by atoms with Gasteiger partial charge in [0.2, 0.25) is 0 Å². The average Bonchev–Trinajstić information content (AvgIpc) is 2.78. The van der Waals surface area contributed by atoms with E-state index in [-0.39, 0.29) is 6.04 Å². The molecule has 0 spiro atoms. The van der Waals surface area contributed by atoms with Crippen molar-refractivity contribution < 1.29 is 0 Å². The zero-order chi connectivity index (χ0) is 13.0. The van der Waals surface area contributed by atoms with Crippen LogP contribution in [0.25, 0.3) is 0 Å². The molecule has 2 rings (SSSR count). The van der Waals surface area contributed by atoms with Crippen molar-refractivity contribution in [3.8, 4) is 0 Å². The van der Waals surface area contributed by atoms with Gasteiger partial charge in [0, 0.05) is 19.4 Å². The third-order valence-corrected chi connectivity index (χ3v) is 3.20. The third kappa shape index (κ3) is 2.76. The molecule has 18 heavy (non-hydrogen) atoms. The Bertz CT molecular complexity index is 490. The second kappa shape index (κ2) is 5.78. The topological polar surface area (TPSA) is 42.7 Å². The van der Waals surface area contributed by atoms with E-state index in [2.05, 4.69) is 34.5 Å². The maximum Gasteiger partial charge on any atom is 0.0625 e. The van der Waals surface area contributed by atoms with Gasteiger partial charge >= 0.3 is 0 Å². The highest BCUT2D eigenvalue weighted by Crippen LogP contribution is 2.18. The Kier molecular flexibility index (Phi) is 4.10. The van der Waals surface area contributed by atoms with E-state index >= 15 is 0 Å². The number of hydrogen-bond donors (Lipinski definition) is 1. The molecular formula is C14H20N4. The van der Waals surface area contributed by atoms with E-state index in [4.69, 9.17) is 0 Å². The highest BCUT2D eigenvalue weighted by Gasteiger charge is 2.15. The summed E-state index contributed by atoms with van der Waals surface area (Å²) in [4.78, 5) is 4.16. The van der Waals surface area contributed by atoms with Gasteiger partial charge < -0.3 is 5.32 Å². The van der Waals surface area contributed by atoms with Gasteiger partial charge in [-0.15, -0.1) is 0 Å². The fraction of sp³-hybridized carbons (Fsp3) is 0.429. The Morgan fingerprint density at radius 2 is 2.28 bits per heavy atom. The third-order valence-electron chi connectivity index (χ3n) is 3.20. The first-order chi connectivity index (χ1) is 8.74. The van der Waals surface area contributed by atoms with Gasteiger partial charge in [-0.25, -0.2) is 0 Å². The lowest BCUT2D eigenvalue weighted by Crippen LogP contribution is -2.21. The van der Waals surface area contributed by atoms with Crippen molar-refractivity contribution in [1.82, 2.24) is 20.1 Å². The van der Waals surface area contributed by atoms with E-state index in [0.29, 0.717) is 0 Å². The van der Waals surface area contributed by atoms with Crippen molar-refractivity contribution in [2.75, 3.05) is 7.05 Å². The van der Waals surface area contributed by atoms with Crippen molar-refractivity contribution in [3.05, 3.63) is 47.5 Å². The molecular weight excluding hydrogens is 224 g/mol. The SMILES string of the molecule is CCc1cc(C(Cc2cccnc2)NC)n(C)n1. The molecule has 2 aromatic heterocycles. The van der Waals surface area contributed by atoms with E-state index < -0.39 is 0 Å². The van der Waals surface area contributed by atoms with E-state index in [1.165, 1.54) is 11.3 Å². The first-order valence-corrected chi connectivity index (χ1v) is 6.33. The molecule has 1 N–H and O–H groups in total. The van der Waals surface area contributed by atoms with Crippen molar-refractivity contribution >= 4 is 0 Å². The Morgan fingerprint density at radius 3 is 2.83 bits per heavy atom.